The molecule has 0 saturated carbocycles. The Morgan fingerprint density at radius 3 is 2.75 bits per heavy atom. The van der Waals surface area contributed by atoms with E-state index in [4.69, 9.17) is 4.55 Å². The van der Waals surface area contributed by atoms with Crippen LogP contribution in [0, 0.1) is 0 Å². The number of anilines is 1. The van der Waals surface area contributed by atoms with Gasteiger partial charge >= 0.3 is 29.6 Å². The molecular formula is C8H8N5NaO5S. The van der Waals surface area contributed by atoms with Crippen LogP contribution < -0.4 is 40.0 Å². The minimum atomic E-state index is -4.48. The van der Waals surface area contributed by atoms with Gasteiger partial charge < -0.3 is 20.2 Å². The van der Waals surface area contributed by atoms with Crippen LogP contribution in [0.2, 0.25) is 0 Å². The number of hydrogen-bond donors (Lipinski definition) is 3. The zero-order valence-corrected chi connectivity index (χ0v) is 13.1. The molecule has 0 unspecified atom stereocenters. The Labute approximate surface area is 135 Å². The van der Waals surface area contributed by atoms with Crippen molar-refractivity contribution in [2.75, 3.05) is 11.1 Å². The molecule has 2 heterocycles. The molecule has 0 aromatic carbocycles. The Morgan fingerprint density at radius 1 is 1.45 bits per heavy atom. The minimum Gasteiger partial charge on any atom is -0.548 e. The molecule has 0 saturated heterocycles. The number of fused-ring (bicyclic) bond motifs is 1. The maximum absolute atomic E-state index is 10.8. The fourth-order valence-corrected chi connectivity index (χ4v) is 2.06. The zero-order chi connectivity index (χ0) is 14.0. The maximum atomic E-state index is 10.8. The summed E-state index contributed by atoms with van der Waals surface area (Å²) in [6.07, 6.45) is 2.45. The molecule has 2 aromatic rings. The molecule has 1 atom stereocenters. The zero-order valence-electron chi connectivity index (χ0n) is 10.3. The van der Waals surface area contributed by atoms with Crippen LogP contribution in [0.5, 0.6) is 0 Å². The molecule has 0 spiro atoms. The van der Waals surface area contributed by atoms with E-state index in [0.29, 0.717) is 5.52 Å². The van der Waals surface area contributed by atoms with Gasteiger partial charge in [0.2, 0.25) is 0 Å². The molecule has 20 heavy (non-hydrogen) atoms. The number of carbonyl (C=O) groups excluding carboxylic acids is 1. The van der Waals surface area contributed by atoms with Gasteiger partial charge in [-0.05, 0) is 0 Å². The number of H-pyrrole nitrogens is 1. The van der Waals surface area contributed by atoms with Crippen LogP contribution in [-0.4, -0.2) is 50.7 Å². The molecule has 3 N–H and O–H groups in total. The minimum absolute atomic E-state index is 0. The van der Waals surface area contributed by atoms with Crippen molar-refractivity contribution >= 4 is 33.1 Å². The Kier molecular flexibility index (Phi) is 5.42. The Hall–Kier alpha value is -1.27. The summed E-state index contributed by atoms with van der Waals surface area (Å²) in [5.74, 6) is -2.70. The van der Waals surface area contributed by atoms with E-state index >= 15 is 0 Å². The molecule has 102 valence electrons. The topological polar surface area (TPSA) is 161 Å². The van der Waals surface area contributed by atoms with Gasteiger partial charge in [0.1, 0.15) is 17.6 Å². The summed E-state index contributed by atoms with van der Waals surface area (Å²) in [6.45, 7) is 0. The van der Waals surface area contributed by atoms with Crippen molar-refractivity contribution in [2.24, 2.45) is 0 Å². The summed E-state index contributed by atoms with van der Waals surface area (Å²) in [6, 6.07) is -1.66. The summed E-state index contributed by atoms with van der Waals surface area (Å²) >= 11 is 0. The number of carboxylic acid groups (broad SMARTS) is 1. The predicted molar refractivity (Wildman–Crippen MR) is 60.5 cm³/mol. The second-order valence-corrected chi connectivity index (χ2v) is 5.09. The van der Waals surface area contributed by atoms with Crippen LogP contribution in [0.3, 0.4) is 0 Å². The molecule has 0 fully saturated rings. The Morgan fingerprint density at radius 2 is 2.15 bits per heavy atom. The Balaban J connectivity index is 0.00000200. The van der Waals surface area contributed by atoms with Gasteiger partial charge in [0.15, 0.2) is 11.5 Å². The summed E-state index contributed by atoms with van der Waals surface area (Å²) in [7, 11) is -4.48. The molecule has 0 aliphatic rings. The number of carboxylic acids is 1. The van der Waals surface area contributed by atoms with E-state index in [1.165, 1.54) is 6.33 Å². The van der Waals surface area contributed by atoms with Crippen molar-refractivity contribution in [3.05, 3.63) is 12.7 Å². The van der Waals surface area contributed by atoms with Crippen LogP contribution in [0.25, 0.3) is 11.2 Å². The van der Waals surface area contributed by atoms with Crippen molar-refractivity contribution in [2.45, 2.75) is 6.04 Å². The average Bonchev–Trinajstić information content (AvgIpc) is 2.75. The molecule has 0 aliphatic heterocycles. The summed E-state index contributed by atoms with van der Waals surface area (Å²) < 4.78 is 30.1. The van der Waals surface area contributed by atoms with Crippen LogP contribution in [0.4, 0.5) is 5.82 Å². The quantitative estimate of drug-likeness (QED) is 0.362. The molecule has 2 rings (SSSR count). The summed E-state index contributed by atoms with van der Waals surface area (Å²) in [5.41, 5.74) is 0.588. The van der Waals surface area contributed by atoms with Gasteiger partial charge in [-0.25, -0.2) is 15.0 Å². The number of nitrogens with one attached hydrogen (secondary N) is 2. The number of rotatable bonds is 5. The molecule has 0 radical (unpaired) electrons. The van der Waals surface area contributed by atoms with Crippen molar-refractivity contribution in [1.29, 1.82) is 0 Å². The Bertz CT molecular complexity index is 717. The fraction of sp³-hybridized carbons (Fsp3) is 0.250. The van der Waals surface area contributed by atoms with E-state index in [-0.39, 0.29) is 41.0 Å². The van der Waals surface area contributed by atoms with Crippen molar-refractivity contribution < 1.29 is 52.4 Å². The molecule has 0 aliphatic carbocycles. The van der Waals surface area contributed by atoms with Gasteiger partial charge in [0.25, 0.3) is 10.1 Å². The summed E-state index contributed by atoms with van der Waals surface area (Å²) in [4.78, 5) is 24.9. The number of carbonyl (C=O) groups is 1. The number of imidazole rings is 1. The first-order valence-electron chi connectivity index (χ1n) is 4.93. The van der Waals surface area contributed by atoms with Crippen molar-refractivity contribution in [3.8, 4) is 0 Å². The molecule has 0 bridgehead atoms. The van der Waals surface area contributed by atoms with E-state index in [2.05, 4.69) is 25.3 Å². The predicted octanol–water partition coefficient (Wildman–Crippen LogP) is -5.22. The second kappa shape index (κ2) is 6.45. The summed E-state index contributed by atoms with van der Waals surface area (Å²) in [5, 5.41) is 13.2. The molecular weight excluding hydrogens is 301 g/mol. The first-order chi connectivity index (χ1) is 8.87. The van der Waals surface area contributed by atoms with Gasteiger partial charge in [-0.2, -0.15) is 8.42 Å². The van der Waals surface area contributed by atoms with E-state index < -0.39 is 27.9 Å². The molecule has 2 aromatic heterocycles. The maximum Gasteiger partial charge on any atom is 1.00 e. The van der Waals surface area contributed by atoms with Crippen LogP contribution in [0.1, 0.15) is 0 Å². The second-order valence-electron chi connectivity index (χ2n) is 3.59. The first-order valence-corrected chi connectivity index (χ1v) is 6.54. The SMILES string of the molecule is O=C([O-])[C@H](CS(=O)(=O)O)Nc1ncnc2nc[nH]c12.[Na+]. The number of aromatic nitrogens is 4. The average molecular weight is 309 g/mol. The third-order valence-electron chi connectivity index (χ3n) is 2.20. The third-order valence-corrected chi connectivity index (χ3v) is 2.95. The standard InChI is InChI=1S/C8H9N5O5S.Na/c14-8(15)4(1-19(16,17)18)13-7-5-6(10-2-9-5)11-3-12-7;/h2-4H,1H2,(H,14,15)(H,16,17,18)(H2,9,10,11,12,13);/q;+1/p-1/t4-;/m0./s1. The number of aliphatic carboxylic acids is 1. The van der Waals surface area contributed by atoms with Crippen LogP contribution in [-0.2, 0) is 14.9 Å². The smallest absolute Gasteiger partial charge is 0.548 e. The van der Waals surface area contributed by atoms with Crippen LogP contribution >= 0.6 is 0 Å². The van der Waals surface area contributed by atoms with Gasteiger partial charge in [0, 0.05) is 0 Å². The molecule has 10 nitrogen and oxygen atoms in total. The fourth-order valence-electron chi connectivity index (χ4n) is 1.42. The van der Waals surface area contributed by atoms with Gasteiger partial charge in [-0.3, -0.25) is 4.55 Å². The van der Waals surface area contributed by atoms with Gasteiger partial charge in [-0.15, -0.1) is 0 Å². The normalized spacial score (nSPS) is 12.7. The third kappa shape index (κ3) is 4.11. The van der Waals surface area contributed by atoms with E-state index in [0.717, 1.165) is 6.33 Å². The van der Waals surface area contributed by atoms with E-state index in [1.54, 1.807) is 0 Å². The van der Waals surface area contributed by atoms with Crippen molar-refractivity contribution in [3.63, 3.8) is 0 Å². The molecule has 12 heteroatoms. The number of aromatic amines is 1. The molecule has 0 amide bonds. The largest absolute Gasteiger partial charge is 1.00 e. The van der Waals surface area contributed by atoms with E-state index in [9.17, 15) is 18.3 Å². The number of hydrogen-bond acceptors (Lipinski definition) is 8. The van der Waals surface area contributed by atoms with Gasteiger partial charge in [0.05, 0.1) is 18.3 Å². The van der Waals surface area contributed by atoms with Crippen LogP contribution in [0.15, 0.2) is 12.7 Å². The monoisotopic (exact) mass is 309 g/mol. The van der Waals surface area contributed by atoms with E-state index in [1.807, 2.05) is 0 Å². The first kappa shape index (κ1) is 16.8. The van der Waals surface area contributed by atoms with Crippen molar-refractivity contribution in [1.82, 2.24) is 19.9 Å². The van der Waals surface area contributed by atoms with Gasteiger partial charge in [-0.1, -0.05) is 0 Å². The number of nitrogens with zero attached hydrogens (tertiary/aromatic N) is 3.